The van der Waals surface area contributed by atoms with E-state index in [1.807, 2.05) is 19.3 Å². The minimum absolute atomic E-state index is 0.381. The second kappa shape index (κ2) is 5.86. The van der Waals surface area contributed by atoms with Crippen molar-refractivity contribution < 1.29 is 0 Å². The summed E-state index contributed by atoms with van der Waals surface area (Å²) in [5, 5.41) is 3.38. The quantitative estimate of drug-likeness (QED) is 0.800. The van der Waals surface area contributed by atoms with Gasteiger partial charge in [0.25, 0.3) is 0 Å². The Bertz CT molecular complexity index is 296. The molecule has 0 bridgehead atoms. The van der Waals surface area contributed by atoms with Crippen molar-refractivity contribution in [3.05, 3.63) is 29.6 Å². The van der Waals surface area contributed by atoms with E-state index in [1.165, 1.54) is 24.1 Å². The highest BCUT2D eigenvalue weighted by Crippen LogP contribution is 2.25. The van der Waals surface area contributed by atoms with Gasteiger partial charge in [0.05, 0.1) is 11.7 Å². The highest BCUT2D eigenvalue weighted by atomic mass is 14.9. The maximum Gasteiger partial charge on any atom is 0.0604 e. The van der Waals surface area contributed by atoms with Gasteiger partial charge in [0.15, 0.2) is 0 Å². The van der Waals surface area contributed by atoms with Crippen molar-refractivity contribution in [2.75, 3.05) is 7.05 Å². The summed E-state index contributed by atoms with van der Waals surface area (Å²) in [4.78, 5) is 4.49. The standard InChI is InChI=1S/C13H22N2/c1-5-7-10(2)12(14-4)13-11(3)8-6-9-15-13/h6,8-10,12,14H,5,7H2,1-4H3. The summed E-state index contributed by atoms with van der Waals surface area (Å²) in [7, 11) is 2.02. The zero-order valence-corrected chi connectivity index (χ0v) is 10.2. The number of pyridine rings is 1. The highest BCUT2D eigenvalue weighted by molar-refractivity contribution is 5.21. The number of aromatic nitrogens is 1. The molecule has 0 radical (unpaired) electrons. The van der Waals surface area contributed by atoms with Crippen molar-refractivity contribution in [2.24, 2.45) is 5.92 Å². The Morgan fingerprint density at radius 1 is 1.47 bits per heavy atom. The third-order valence-electron chi connectivity index (χ3n) is 2.97. The van der Waals surface area contributed by atoms with Gasteiger partial charge < -0.3 is 5.32 Å². The van der Waals surface area contributed by atoms with Gasteiger partial charge in [-0.25, -0.2) is 0 Å². The second-order valence-electron chi connectivity index (χ2n) is 4.24. The predicted octanol–water partition coefficient (Wildman–Crippen LogP) is 3.09. The largest absolute Gasteiger partial charge is 0.311 e. The summed E-state index contributed by atoms with van der Waals surface area (Å²) in [6.45, 7) is 6.65. The van der Waals surface area contributed by atoms with E-state index in [4.69, 9.17) is 0 Å². The van der Waals surface area contributed by atoms with E-state index >= 15 is 0 Å². The molecule has 0 saturated heterocycles. The lowest BCUT2D eigenvalue weighted by Gasteiger charge is -2.24. The number of aryl methyl sites for hydroxylation is 1. The average Bonchev–Trinajstić information content (AvgIpc) is 2.22. The van der Waals surface area contributed by atoms with Crippen molar-refractivity contribution in [3.8, 4) is 0 Å². The van der Waals surface area contributed by atoms with Crippen LogP contribution in [0, 0.1) is 12.8 Å². The maximum absolute atomic E-state index is 4.49. The second-order valence-corrected chi connectivity index (χ2v) is 4.24. The van der Waals surface area contributed by atoms with Crippen LogP contribution < -0.4 is 5.32 Å². The van der Waals surface area contributed by atoms with Crippen LogP contribution >= 0.6 is 0 Å². The first-order valence-corrected chi connectivity index (χ1v) is 5.79. The lowest BCUT2D eigenvalue weighted by molar-refractivity contribution is 0.375. The Labute approximate surface area is 93.1 Å². The van der Waals surface area contributed by atoms with E-state index in [0.717, 1.165) is 0 Å². The molecule has 0 amide bonds. The molecular formula is C13H22N2. The zero-order valence-electron chi connectivity index (χ0n) is 10.2. The Hall–Kier alpha value is -0.890. The fourth-order valence-corrected chi connectivity index (χ4v) is 2.14. The van der Waals surface area contributed by atoms with Gasteiger partial charge >= 0.3 is 0 Å². The molecule has 0 saturated carbocycles. The molecule has 0 spiro atoms. The highest BCUT2D eigenvalue weighted by Gasteiger charge is 2.19. The molecule has 0 aliphatic carbocycles. The molecule has 0 aliphatic heterocycles. The Morgan fingerprint density at radius 2 is 2.20 bits per heavy atom. The smallest absolute Gasteiger partial charge is 0.0604 e. The molecule has 1 aromatic heterocycles. The lowest BCUT2D eigenvalue weighted by atomic mass is 9.92. The number of hydrogen-bond donors (Lipinski definition) is 1. The third kappa shape index (κ3) is 3.03. The van der Waals surface area contributed by atoms with Crippen LogP contribution in [0.5, 0.6) is 0 Å². The molecule has 0 aliphatic rings. The van der Waals surface area contributed by atoms with Crippen LogP contribution in [0.3, 0.4) is 0 Å². The summed E-state index contributed by atoms with van der Waals surface area (Å²) >= 11 is 0. The van der Waals surface area contributed by atoms with Crippen LogP contribution in [0.2, 0.25) is 0 Å². The van der Waals surface area contributed by atoms with Crippen LogP contribution in [0.25, 0.3) is 0 Å². The molecule has 0 aromatic carbocycles. The van der Waals surface area contributed by atoms with E-state index in [1.54, 1.807) is 0 Å². The van der Waals surface area contributed by atoms with E-state index in [9.17, 15) is 0 Å². The van der Waals surface area contributed by atoms with Gasteiger partial charge in [0.1, 0.15) is 0 Å². The summed E-state index contributed by atoms with van der Waals surface area (Å²) < 4.78 is 0. The van der Waals surface area contributed by atoms with Gasteiger partial charge in [-0.3, -0.25) is 4.98 Å². The first-order valence-electron chi connectivity index (χ1n) is 5.79. The van der Waals surface area contributed by atoms with Crippen LogP contribution in [-0.4, -0.2) is 12.0 Å². The minimum atomic E-state index is 0.381. The fourth-order valence-electron chi connectivity index (χ4n) is 2.14. The Morgan fingerprint density at radius 3 is 2.73 bits per heavy atom. The van der Waals surface area contributed by atoms with Crippen LogP contribution in [0.1, 0.15) is 44.0 Å². The first-order chi connectivity index (χ1) is 7.20. The molecule has 1 N–H and O–H groups in total. The van der Waals surface area contributed by atoms with Crippen molar-refractivity contribution in [2.45, 2.75) is 39.7 Å². The van der Waals surface area contributed by atoms with Gasteiger partial charge in [-0.15, -0.1) is 0 Å². The van der Waals surface area contributed by atoms with Gasteiger partial charge in [-0.1, -0.05) is 26.3 Å². The van der Waals surface area contributed by atoms with Crippen LogP contribution in [0.4, 0.5) is 0 Å². The molecule has 1 aromatic rings. The first kappa shape index (κ1) is 12.2. The summed E-state index contributed by atoms with van der Waals surface area (Å²) in [5.41, 5.74) is 2.47. The van der Waals surface area contributed by atoms with Crippen LogP contribution in [-0.2, 0) is 0 Å². The predicted molar refractivity (Wildman–Crippen MR) is 64.8 cm³/mol. The van der Waals surface area contributed by atoms with Gasteiger partial charge in [-0.05, 0) is 37.9 Å². The van der Waals surface area contributed by atoms with Crippen molar-refractivity contribution in [1.82, 2.24) is 10.3 Å². The van der Waals surface area contributed by atoms with E-state index in [2.05, 4.69) is 37.1 Å². The minimum Gasteiger partial charge on any atom is -0.311 e. The third-order valence-corrected chi connectivity index (χ3v) is 2.97. The van der Waals surface area contributed by atoms with E-state index in [-0.39, 0.29) is 0 Å². The SMILES string of the molecule is CCCC(C)C(NC)c1ncccc1C. The number of nitrogens with zero attached hydrogens (tertiary/aromatic N) is 1. The van der Waals surface area contributed by atoms with Crippen molar-refractivity contribution in [1.29, 1.82) is 0 Å². The molecule has 0 fully saturated rings. The molecular weight excluding hydrogens is 184 g/mol. The summed E-state index contributed by atoms with van der Waals surface area (Å²) in [5.74, 6) is 0.633. The molecule has 1 rings (SSSR count). The summed E-state index contributed by atoms with van der Waals surface area (Å²) in [6, 6.07) is 4.51. The average molecular weight is 206 g/mol. The Balaban J connectivity index is 2.87. The van der Waals surface area contributed by atoms with Crippen molar-refractivity contribution in [3.63, 3.8) is 0 Å². The molecule has 2 unspecified atom stereocenters. The molecule has 2 atom stereocenters. The molecule has 2 nitrogen and oxygen atoms in total. The monoisotopic (exact) mass is 206 g/mol. The molecule has 1 heterocycles. The topological polar surface area (TPSA) is 24.9 Å². The van der Waals surface area contributed by atoms with Crippen molar-refractivity contribution >= 4 is 0 Å². The van der Waals surface area contributed by atoms with Crippen LogP contribution in [0.15, 0.2) is 18.3 Å². The number of nitrogens with one attached hydrogen (secondary N) is 1. The summed E-state index contributed by atoms with van der Waals surface area (Å²) in [6.07, 6.45) is 4.35. The Kier molecular flexibility index (Phi) is 4.76. The number of rotatable bonds is 5. The molecule has 15 heavy (non-hydrogen) atoms. The molecule has 2 heteroatoms. The number of hydrogen-bond acceptors (Lipinski definition) is 2. The van der Waals surface area contributed by atoms with Gasteiger partial charge in [0, 0.05) is 6.20 Å². The fraction of sp³-hybridized carbons (Fsp3) is 0.615. The van der Waals surface area contributed by atoms with Gasteiger partial charge in [0.2, 0.25) is 0 Å². The maximum atomic E-state index is 4.49. The van der Waals surface area contributed by atoms with E-state index in [0.29, 0.717) is 12.0 Å². The normalized spacial score (nSPS) is 14.9. The van der Waals surface area contributed by atoms with E-state index < -0.39 is 0 Å². The lowest BCUT2D eigenvalue weighted by Crippen LogP contribution is -2.25. The van der Waals surface area contributed by atoms with Gasteiger partial charge in [-0.2, -0.15) is 0 Å². The molecule has 84 valence electrons. The zero-order chi connectivity index (χ0) is 11.3.